The molecule has 0 aliphatic carbocycles. The molecular weight excluding hydrogens is 439 g/mol. The molecule has 4 rings (SSSR count). The summed E-state index contributed by atoms with van der Waals surface area (Å²) in [5.74, 6) is -1.24. The van der Waals surface area contributed by atoms with Gasteiger partial charge in [-0.15, -0.1) is 11.3 Å². The highest BCUT2D eigenvalue weighted by atomic mass is 32.1. The molecule has 2 aromatic carbocycles. The molecule has 1 atom stereocenters. The number of benzene rings is 2. The second-order valence-electron chi connectivity index (χ2n) is 7.41. The van der Waals surface area contributed by atoms with Crippen molar-refractivity contribution in [2.24, 2.45) is 0 Å². The maximum atomic E-state index is 13.6. The van der Waals surface area contributed by atoms with E-state index in [1.54, 1.807) is 0 Å². The third-order valence-corrected chi connectivity index (χ3v) is 5.88. The van der Waals surface area contributed by atoms with Crippen molar-refractivity contribution >= 4 is 28.8 Å². The Morgan fingerprint density at radius 1 is 1.06 bits per heavy atom. The third kappa shape index (κ3) is 5.48. The Hall–Kier alpha value is -3.91. The molecule has 0 aliphatic rings. The van der Waals surface area contributed by atoms with Crippen LogP contribution in [-0.2, 0) is 11.3 Å². The van der Waals surface area contributed by atoms with Gasteiger partial charge in [0.05, 0.1) is 12.7 Å². The quantitative estimate of drug-likeness (QED) is 0.421. The number of nitrogens with zero attached hydrogens (tertiary/aromatic N) is 3. The van der Waals surface area contributed by atoms with E-state index in [9.17, 15) is 14.0 Å². The van der Waals surface area contributed by atoms with Gasteiger partial charge in [-0.2, -0.15) is 0 Å². The van der Waals surface area contributed by atoms with Crippen molar-refractivity contribution in [1.82, 2.24) is 14.9 Å². The number of nitrogens with one attached hydrogen (secondary N) is 1. The minimum absolute atomic E-state index is 0.140. The van der Waals surface area contributed by atoms with E-state index < -0.39 is 23.7 Å². The van der Waals surface area contributed by atoms with Gasteiger partial charge >= 0.3 is 0 Å². The first-order valence-electron chi connectivity index (χ1n) is 10.2. The standard InChI is InChI=1S/C25H21FN4O2S/c1-17-4-6-18(7-5-17)23(24(31)29-20-10-8-19(26)9-11-20)30(16-21-3-2-14-33-21)25(32)22-15-27-12-13-28-22/h2-15,23H,16H2,1H3,(H,29,31)/t23-/m0/s1. The molecule has 0 saturated heterocycles. The number of hydrogen-bond donors (Lipinski definition) is 1. The molecule has 0 spiro atoms. The summed E-state index contributed by atoms with van der Waals surface area (Å²) in [6.07, 6.45) is 4.31. The Labute approximate surface area is 194 Å². The second-order valence-corrected chi connectivity index (χ2v) is 8.44. The van der Waals surface area contributed by atoms with E-state index >= 15 is 0 Å². The summed E-state index contributed by atoms with van der Waals surface area (Å²) in [7, 11) is 0. The molecule has 0 radical (unpaired) electrons. The number of thiophene rings is 1. The van der Waals surface area contributed by atoms with Crippen molar-refractivity contribution in [3.8, 4) is 0 Å². The minimum Gasteiger partial charge on any atom is -0.324 e. The van der Waals surface area contributed by atoms with Gasteiger partial charge in [0.2, 0.25) is 0 Å². The maximum Gasteiger partial charge on any atom is 0.275 e. The summed E-state index contributed by atoms with van der Waals surface area (Å²) >= 11 is 1.49. The molecule has 4 aromatic rings. The smallest absolute Gasteiger partial charge is 0.275 e. The topological polar surface area (TPSA) is 75.2 Å². The van der Waals surface area contributed by atoms with Crippen molar-refractivity contribution < 1.29 is 14.0 Å². The number of carbonyl (C=O) groups is 2. The number of aryl methyl sites for hydroxylation is 1. The molecule has 166 valence electrons. The first-order valence-corrected chi connectivity index (χ1v) is 11.1. The summed E-state index contributed by atoms with van der Waals surface area (Å²) < 4.78 is 13.3. The molecule has 33 heavy (non-hydrogen) atoms. The molecule has 0 saturated carbocycles. The van der Waals surface area contributed by atoms with Gasteiger partial charge in [0.25, 0.3) is 11.8 Å². The predicted molar refractivity (Wildman–Crippen MR) is 125 cm³/mol. The summed E-state index contributed by atoms with van der Waals surface area (Å²) in [5, 5.41) is 4.73. The van der Waals surface area contributed by atoms with Gasteiger partial charge in [-0.3, -0.25) is 14.6 Å². The molecule has 0 unspecified atom stereocenters. The highest BCUT2D eigenvalue weighted by Crippen LogP contribution is 2.28. The average Bonchev–Trinajstić information content (AvgIpc) is 3.35. The van der Waals surface area contributed by atoms with E-state index in [-0.39, 0.29) is 12.2 Å². The number of aromatic nitrogens is 2. The highest BCUT2D eigenvalue weighted by Gasteiger charge is 2.33. The Morgan fingerprint density at radius 3 is 2.45 bits per heavy atom. The Balaban J connectivity index is 1.76. The number of hydrogen-bond acceptors (Lipinski definition) is 5. The predicted octanol–water partition coefficient (Wildman–Crippen LogP) is 5.01. The van der Waals surface area contributed by atoms with Crippen LogP contribution in [0.5, 0.6) is 0 Å². The van der Waals surface area contributed by atoms with Gasteiger partial charge in [0.1, 0.15) is 17.6 Å². The van der Waals surface area contributed by atoms with Gasteiger partial charge in [-0.1, -0.05) is 35.9 Å². The van der Waals surface area contributed by atoms with Crippen molar-refractivity contribution in [1.29, 1.82) is 0 Å². The van der Waals surface area contributed by atoms with Crippen molar-refractivity contribution in [3.05, 3.63) is 112 Å². The van der Waals surface area contributed by atoms with Crippen LogP contribution >= 0.6 is 11.3 Å². The summed E-state index contributed by atoms with van der Waals surface area (Å²) in [5.41, 5.74) is 2.25. The van der Waals surface area contributed by atoms with Crippen LogP contribution in [0.1, 0.15) is 32.5 Å². The summed E-state index contributed by atoms with van der Waals surface area (Å²) in [6.45, 7) is 2.16. The number of rotatable bonds is 7. The van der Waals surface area contributed by atoms with Gasteiger partial charge in [0, 0.05) is 23.0 Å². The normalized spacial score (nSPS) is 11.6. The van der Waals surface area contributed by atoms with Gasteiger partial charge < -0.3 is 10.2 Å². The van der Waals surface area contributed by atoms with Crippen LogP contribution in [0.3, 0.4) is 0 Å². The monoisotopic (exact) mass is 460 g/mol. The first-order chi connectivity index (χ1) is 16.0. The molecule has 1 N–H and O–H groups in total. The van der Waals surface area contributed by atoms with Crippen LogP contribution < -0.4 is 5.32 Å². The van der Waals surface area contributed by atoms with Crippen molar-refractivity contribution in [2.45, 2.75) is 19.5 Å². The lowest BCUT2D eigenvalue weighted by molar-refractivity contribution is -0.121. The summed E-state index contributed by atoms with van der Waals surface area (Å²) in [4.78, 5) is 37.7. The lowest BCUT2D eigenvalue weighted by Gasteiger charge is -2.31. The van der Waals surface area contributed by atoms with Gasteiger partial charge in [0.15, 0.2) is 0 Å². The molecule has 2 heterocycles. The number of carbonyl (C=O) groups excluding carboxylic acids is 2. The van der Waals surface area contributed by atoms with Gasteiger partial charge in [-0.05, 0) is 48.2 Å². The number of amides is 2. The van der Waals surface area contributed by atoms with E-state index in [4.69, 9.17) is 0 Å². The van der Waals surface area contributed by atoms with Crippen LogP contribution in [0.2, 0.25) is 0 Å². The van der Waals surface area contributed by atoms with Crippen molar-refractivity contribution in [3.63, 3.8) is 0 Å². The van der Waals surface area contributed by atoms with E-state index in [1.807, 2.05) is 48.7 Å². The van der Waals surface area contributed by atoms with Crippen LogP contribution in [-0.4, -0.2) is 26.7 Å². The zero-order valence-electron chi connectivity index (χ0n) is 17.8. The SMILES string of the molecule is Cc1ccc([C@@H](C(=O)Nc2ccc(F)cc2)N(Cc2cccs2)C(=O)c2cnccn2)cc1. The third-order valence-electron chi connectivity index (χ3n) is 5.01. The van der Waals surface area contributed by atoms with Crippen LogP contribution in [0.15, 0.2) is 84.6 Å². The Morgan fingerprint density at radius 2 is 1.82 bits per heavy atom. The lowest BCUT2D eigenvalue weighted by Crippen LogP contribution is -2.41. The largest absolute Gasteiger partial charge is 0.324 e. The second kappa shape index (κ2) is 10.1. The highest BCUT2D eigenvalue weighted by molar-refractivity contribution is 7.09. The van der Waals surface area contributed by atoms with E-state index in [0.29, 0.717) is 11.3 Å². The van der Waals surface area contributed by atoms with Crippen LogP contribution in [0, 0.1) is 12.7 Å². The fourth-order valence-corrected chi connectivity index (χ4v) is 4.08. The molecule has 2 amide bonds. The van der Waals surface area contributed by atoms with E-state index in [0.717, 1.165) is 10.4 Å². The fraction of sp³-hybridized carbons (Fsp3) is 0.120. The Bertz CT molecular complexity index is 1210. The molecule has 0 bridgehead atoms. The summed E-state index contributed by atoms with van der Waals surface area (Å²) in [6, 6.07) is 15.8. The fourth-order valence-electron chi connectivity index (χ4n) is 3.37. The Kier molecular flexibility index (Phi) is 6.85. The van der Waals surface area contributed by atoms with Crippen LogP contribution in [0.4, 0.5) is 10.1 Å². The number of anilines is 1. The van der Waals surface area contributed by atoms with Crippen molar-refractivity contribution in [2.75, 3.05) is 5.32 Å². The van der Waals surface area contributed by atoms with E-state index in [1.165, 1.54) is 59.1 Å². The van der Waals surface area contributed by atoms with E-state index in [2.05, 4.69) is 15.3 Å². The molecule has 8 heteroatoms. The van der Waals surface area contributed by atoms with Gasteiger partial charge in [-0.25, -0.2) is 9.37 Å². The molecular formula is C25H21FN4O2S. The lowest BCUT2D eigenvalue weighted by atomic mass is 10.0. The molecule has 0 aliphatic heterocycles. The average molecular weight is 461 g/mol. The van der Waals surface area contributed by atoms with Crippen LogP contribution in [0.25, 0.3) is 0 Å². The molecule has 2 aromatic heterocycles. The zero-order chi connectivity index (χ0) is 23.2. The maximum absolute atomic E-state index is 13.6. The number of halogens is 1. The first kappa shape index (κ1) is 22.3. The molecule has 6 nitrogen and oxygen atoms in total. The molecule has 0 fully saturated rings. The minimum atomic E-state index is -0.952. The zero-order valence-corrected chi connectivity index (χ0v) is 18.6.